The van der Waals surface area contributed by atoms with Crippen molar-refractivity contribution in [2.75, 3.05) is 30.8 Å². The lowest BCUT2D eigenvalue weighted by Gasteiger charge is -2.30. The van der Waals surface area contributed by atoms with Crippen molar-refractivity contribution in [3.63, 3.8) is 0 Å². The molecule has 0 heterocycles. The summed E-state index contributed by atoms with van der Waals surface area (Å²) in [6.07, 6.45) is 0. The van der Waals surface area contributed by atoms with Gasteiger partial charge in [-0.25, -0.2) is 13.2 Å². The van der Waals surface area contributed by atoms with Crippen LogP contribution in [0.3, 0.4) is 0 Å². The molecule has 32 heavy (non-hydrogen) atoms. The SMILES string of the molecule is COc1ccc(S(=O)(=O)Nc2ccc(N(C)C)c(CN(C(=O)NC(C)C)C(C)C)c2)cc1. The number of carbonyl (C=O) groups excluding carboxylic acids is 1. The maximum Gasteiger partial charge on any atom is 0.318 e. The Kier molecular flexibility index (Phi) is 8.38. The number of methoxy groups -OCH3 is 1. The minimum absolute atomic E-state index is 0.0136. The zero-order chi connectivity index (χ0) is 24.1. The van der Waals surface area contributed by atoms with Crippen molar-refractivity contribution in [1.29, 1.82) is 0 Å². The molecule has 2 aromatic carbocycles. The number of benzene rings is 2. The Labute approximate surface area is 191 Å². The molecule has 0 bridgehead atoms. The highest BCUT2D eigenvalue weighted by molar-refractivity contribution is 7.92. The predicted molar refractivity (Wildman–Crippen MR) is 129 cm³/mol. The van der Waals surface area contributed by atoms with Gasteiger partial charge in [0.15, 0.2) is 0 Å². The molecule has 0 aliphatic carbocycles. The van der Waals surface area contributed by atoms with Crippen molar-refractivity contribution >= 4 is 27.4 Å². The van der Waals surface area contributed by atoms with Gasteiger partial charge >= 0.3 is 6.03 Å². The van der Waals surface area contributed by atoms with Gasteiger partial charge in [-0.1, -0.05) is 0 Å². The van der Waals surface area contributed by atoms with E-state index in [1.807, 2.05) is 52.8 Å². The quantitative estimate of drug-likeness (QED) is 0.590. The molecular weight excluding hydrogens is 428 g/mol. The highest BCUT2D eigenvalue weighted by Gasteiger charge is 2.21. The normalized spacial score (nSPS) is 11.4. The number of carbonyl (C=O) groups is 1. The molecule has 2 rings (SSSR count). The Morgan fingerprint density at radius 2 is 1.66 bits per heavy atom. The minimum Gasteiger partial charge on any atom is -0.497 e. The fraction of sp³-hybridized carbons (Fsp3) is 0.435. The zero-order valence-electron chi connectivity index (χ0n) is 19.8. The molecule has 0 saturated carbocycles. The topological polar surface area (TPSA) is 91.0 Å². The predicted octanol–water partition coefficient (Wildman–Crippen LogP) is 3.89. The van der Waals surface area contributed by atoms with Crippen molar-refractivity contribution in [1.82, 2.24) is 10.2 Å². The molecule has 0 aliphatic heterocycles. The summed E-state index contributed by atoms with van der Waals surface area (Å²) in [5.74, 6) is 0.579. The summed E-state index contributed by atoms with van der Waals surface area (Å²) in [5.41, 5.74) is 2.16. The van der Waals surface area contributed by atoms with Crippen molar-refractivity contribution < 1.29 is 17.9 Å². The molecule has 0 aliphatic rings. The Hall–Kier alpha value is -2.94. The van der Waals surface area contributed by atoms with Gasteiger partial charge in [0.2, 0.25) is 0 Å². The second kappa shape index (κ2) is 10.6. The number of nitrogens with one attached hydrogen (secondary N) is 2. The van der Waals surface area contributed by atoms with E-state index in [1.54, 1.807) is 29.2 Å². The maximum absolute atomic E-state index is 12.9. The van der Waals surface area contributed by atoms with E-state index >= 15 is 0 Å². The monoisotopic (exact) mass is 462 g/mol. The van der Waals surface area contributed by atoms with Crippen LogP contribution in [0, 0.1) is 0 Å². The average Bonchev–Trinajstić information content (AvgIpc) is 2.70. The Balaban J connectivity index is 2.36. The van der Waals surface area contributed by atoms with Crippen LogP contribution in [-0.4, -0.2) is 52.6 Å². The molecule has 2 aromatic rings. The van der Waals surface area contributed by atoms with Gasteiger partial charge in [-0.2, -0.15) is 0 Å². The van der Waals surface area contributed by atoms with Crippen LogP contribution in [0.5, 0.6) is 5.75 Å². The van der Waals surface area contributed by atoms with Crippen LogP contribution in [0.1, 0.15) is 33.3 Å². The number of rotatable bonds is 9. The standard InChI is InChI=1S/C23H34N4O4S/c1-16(2)24-23(28)27(17(3)4)15-18-14-19(8-13-22(18)26(5)6)25-32(29,30)21-11-9-20(31-7)10-12-21/h8-14,16-17,25H,15H2,1-7H3,(H,24,28). The smallest absolute Gasteiger partial charge is 0.318 e. The van der Waals surface area contributed by atoms with E-state index in [4.69, 9.17) is 4.74 Å². The summed E-state index contributed by atoms with van der Waals surface area (Å²) in [6, 6.07) is 11.3. The summed E-state index contributed by atoms with van der Waals surface area (Å²) in [5, 5.41) is 2.93. The second-order valence-electron chi connectivity index (χ2n) is 8.34. The molecular formula is C23H34N4O4S. The largest absolute Gasteiger partial charge is 0.497 e. The molecule has 0 unspecified atom stereocenters. The molecule has 0 spiro atoms. The Bertz CT molecular complexity index is 1020. The van der Waals surface area contributed by atoms with Crippen LogP contribution >= 0.6 is 0 Å². The van der Waals surface area contributed by atoms with Crippen molar-refractivity contribution in [3.05, 3.63) is 48.0 Å². The van der Waals surface area contributed by atoms with Crippen molar-refractivity contribution in [2.45, 2.75) is 51.2 Å². The van der Waals surface area contributed by atoms with E-state index < -0.39 is 10.0 Å². The Morgan fingerprint density at radius 3 is 2.16 bits per heavy atom. The van der Waals surface area contributed by atoms with Gasteiger partial charge in [0.1, 0.15) is 5.75 Å². The molecule has 9 heteroatoms. The van der Waals surface area contributed by atoms with Gasteiger partial charge in [0, 0.05) is 44.1 Å². The molecule has 0 aromatic heterocycles. The first kappa shape index (κ1) is 25.3. The van der Waals surface area contributed by atoms with Crippen LogP contribution in [-0.2, 0) is 16.6 Å². The first-order chi connectivity index (χ1) is 14.9. The lowest BCUT2D eigenvalue weighted by Crippen LogP contribution is -2.45. The van der Waals surface area contributed by atoms with Crippen molar-refractivity contribution in [3.8, 4) is 5.75 Å². The lowest BCUT2D eigenvalue weighted by molar-refractivity contribution is 0.177. The van der Waals surface area contributed by atoms with E-state index in [0.29, 0.717) is 18.0 Å². The fourth-order valence-electron chi connectivity index (χ4n) is 3.18. The molecule has 0 fully saturated rings. The summed E-state index contributed by atoms with van der Waals surface area (Å²) in [4.78, 5) is 16.5. The van der Waals surface area contributed by atoms with Gasteiger partial charge < -0.3 is 19.9 Å². The van der Waals surface area contributed by atoms with E-state index in [9.17, 15) is 13.2 Å². The Morgan fingerprint density at radius 1 is 1.03 bits per heavy atom. The summed E-state index contributed by atoms with van der Waals surface area (Å²) >= 11 is 0. The van der Waals surface area contributed by atoms with Gasteiger partial charge in [0.05, 0.1) is 12.0 Å². The second-order valence-corrected chi connectivity index (χ2v) is 10.0. The summed E-state index contributed by atoms with van der Waals surface area (Å²) < 4.78 is 33.4. The van der Waals surface area contributed by atoms with Gasteiger partial charge in [-0.3, -0.25) is 4.72 Å². The first-order valence-corrected chi connectivity index (χ1v) is 12.0. The van der Waals surface area contributed by atoms with E-state index in [-0.39, 0.29) is 23.0 Å². The third kappa shape index (κ3) is 6.53. The molecule has 0 radical (unpaired) electrons. The van der Waals surface area contributed by atoms with Crippen molar-refractivity contribution in [2.24, 2.45) is 0 Å². The third-order valence-corrected chi connectivity index (χ3v) is 6.22. The number of amides is 2. The van der Waals surface area contributed by atoms with E-state index in [1.165, 1.54) is 19.2 Å². The average molecular weight is 463 g/mol. The number of sulfonamides is 1. The number of nitrogens with zero attached hydrogens (tertiary/aromatic N) is 2. The van der Waals surface area contributed by atoms with Crippen LogP contribution < -0.4 is 19.7 Å². The number of hydrogen-bond donors (Lipinski definition) is 2. The number of anilines is 2. The van der Waals surface area contributed by atoms with Crippen LogP contribution in [0.2, 0.25) is 0 Å². The molecule has 8 nitrogen and oxygen atoms in total. The minimum atomic E-state index is -3.78. The van der Waals surface area contributed by atoms with Crippen LogP contribution in [0.25, 0.3) is 0 Å². The number of ether oxygens (including phenoxy) is 1. The third-order valence-electron chi connectivity index (χ3n) is 4.82. The number of hydrogen-bond acceptors (Lipinski definition) is 5. The first-order valence-electron chi connectivity index (χ1n) is 10.5. The van der Waals surface area contributed by atoms with E-state index in [0.717, 1.165) is 11.3 Å². The molecule has 0 saturated heterocycles. The van der Waals surface area contributed by atoms with Gasteiger partial charge in [-0.05, 0) is 75.7 Å². The number of urea groups is 1. The maximum atomic E-state index is 12.9. The molecule has 176 valence electrons. The summed E-state index contributed by atoms with van der Waals surface area (Å²) in [7, 11) is 1.57. The molecule has 0 atom stereocenters. The molecule has 2 N–H and O–H groups in total. The zero-order valence-corrected chi connectivity index (χ0v) is 20.7. The van der Waals surface area contributed by atoms with Gasteiger partial charge in [0.25, 0.3) is 10.0 Å². The highest BCUT2D eigenvalue weighted by atomic mass is 32.2. The van der Waals surface area contributed by atoms with E-state index in [2.05, 4.69) is 10.0 Å². The fourth-order valence-corrected chi connectivity index (χ4v) is 4.23. The lowest BCUT2D eigenvalue weighted by atomic mass is 10.1. The van der Waals surface area contributed by atoms with Gasteiger partial charge in [-0.15, -0.1) is 0 Å². The van der Waals surface area contributed by atoms with Crippen LogP contribution in [0.4, 0.5) is 16.2 Å². The summed E-state index contributed by atoms with van der Waals surface area (Å²) in [6.45, 7) is 8.06. The highest BCUT2D eigenvalue weighted by Crippen LogP contribution is 2.27. The molecule has 2 amide bonds. The van der Waals surface area contributed by atoms with Crippen LogP contribution in [0.15, 0.2) is 47.4 Å².